The number of benzene rings is 1. The highest BCUT2D eigenvalue weighted by Crippen LogP contribution is 2.38. The second-order valence-electron chi connectivity index (χ2n) is 6.72. The summed E-state index contributed by atoms with van der Waals surface area (Å²) in [5, 5.41) is 2.15. The Bertz CT molecular complexity index is 724. The Hall–Kier alpha value is -1.69. The summed E-state index contributed by atoms with van der Waals surface area (Å²) in [6.07, 6.45) is 0.956. The molecule has 1 aromatic carbocycles. The van der Waals surface area contributed by atoms with E-state index in [1.807, 2.05) is 24.3 Å². The van der Waals surface area contributed by atoms with Crippen LogP contribution in [0.2, 0.25) is 0 Å². The van der Waals surface area contributed by atoms with Gasteiger partial charge in [0.25, 0.3) is 0 Å². The number of rotatable bonds is 3. The number of morpholine rings is 1. The molecule has 2 aliphatic heterocycles. The van der Waals surface area contributed by atoms with Crippen molar-refractivity contribution in [2.75, 3.05) is 32.8 Å². The van der Waals surface area contributed by atoms with E-state index in [0.717, 1.165) is 26.1 Å². The van der Waals surface area contributed by atoms with E-state index in [2.05, 4.69) is 45.5 Å². The van der Waals surface area contributed by atoms with Gasteiger partial charge in [-0.1, -0.05) is 30.3 Å². The molecule has 25 heavy (non-hydrogen) atoms. The highest BCUT2D eigenvalue weighted by Gasteiger charge is 2.36. The second-order valence-corrected chi connectivity index (χ2v) is 7.72. The fourth-order valence-corrected chi connectivity index (χ4v) is 4.81. The fraction of sp³-hybridized carbons (Fsp3) is 0.450. The van der Waals surface area contributed by atoms with Crippen LogP contribution in [0, 0.1) is 0 Å². The minimum absolute atomic E-state index is 0.0344. The molecular formula is C20H24N2O2S. The van der Waals surface area contributed by atoms with Gasteiger partial charge in [0, 0.05) is 24.5 Å². The number of carbonyl (C=O) groups is 1. The van der Waals surface area contributed by atoms with E-state index in [-0.39, 0.29) is 18.0 Å². The number of thiophene rings is 1. The van der Waals surface area contributed by atoms with Gasteiger partial charge in [-0.05, 0) is 35.9 Å². The highest BCUT2D eigenvalue weighted by molar-refractivity contribution is 7.10. The van der Waals surface area contributed by atoms with Crippen molar-refractivity contribution < 1.29 is 9.53 Å². The third-order valence-electron chi connectivity index (χ3n) is 5.32. The Morgan fingerprint density at radius 1 is 1.16 bits per heavy atom. The van der Waals surface area contributed by atoms with Gasteiger partial charge in [0.1, 0.15) is 0 Å². The van der Waals surface area contributed by atoms with Crippen molar-refractivity contribution in [1.29, 1.82) is 0 Å². The lowest BCUT2D eigenvalue weighted by Gasteiger charge is -2.40. The molecular weight excluding hydrogens is 332 g/mol. The molecule has 4 rings (SSSR count). The van der Waals surface area contributed by atoms with Crippen LogP contribution in [0.4, 0.5) is 0 Å². The van der Waals surface area contributed by atoms with Gasteiger partial charge in [-0.3, -0.25) is 9.69 Å². The first kappa shape index (κ1) is 16.8. The van der Waals surface area contributed by atoms with Crippen LogP contribution >= 0.6 is 11.3 Å². The van der Waals surface area contributed by atoms with Crippen molar-refractivity contribution in [2.24, 2.45) is 0 Å². The number of carbonyl (C=O) groups excluding carboxylic acids is 1. The molecule has 0 bridgehead atoms. The van der Waals surface area contributed by atoms with Crippen LogP contribution in [-0.2, 0) is 16.0 Å². The Morgan fingerprint density at radius 2 is 1.92 bits per heavy atom. The molecule has 0 N–H and O–H groups in total. The van der Waals surface area contributed by atoms with Crippen LogP contribution < -0.4 is 0 Å². The van der Waals surface area contributed by atoms with Crippen molar-refractivity contribution in [1.82, 2.24) is 9.80 Å². The van der Waals surface area contributed by atoms with Gasteiger partial charge in [0.15, 0.2) is 0 Å². The van der Waals surface area contributed by atoms with E-state index in [9.17, 15) is 4.79 Å². The quantitative estimate of drug-likeness (QED) is 0.848. The van der Waals surface area contributed by atoms with E-state index >= 15 is 0 Å². The average Bonchev–Trinajstić information content (AvgIpc) is 3.16. The number of nitrogens with zero attached hydrogens (tertiary/aromatic N) is 2. The summed E-state index contributed by atoms with van der Waals surface area (Å²) < 4.78 is 5.44. The summed E-state index contributed by atoms with van der Waals surface area (Å²) in [6.45, 7) is 5.93. The van der Waals surface area contributed by atoms with Crippen molar-refractivity contribution in [2.45, 2.75) is 25.4 Å². The minimum Gasteiger partial charge on any atom is -0.379 e. The Morgan fingerprint density at radius 3 is 2.68 bits per heavy atom. The molecule has 5 heteroatoms. The Labute approximate surface area is 153 Å². The van der Waals surface area contributed by atoms with Crippen LogP contribution in [0.15, 0.2) is 41.8 Å². The predicted molar refractivity (Wildman–Crippen MR) is 99.9 cm³/mol. The molecule has 0 saturated carbocycles. The SMILES string of the molecule is C[C@@H](C(=O)N1CCc2sccc2[C@H]1c1ccccc1)N1CCOCC1. The molecule has 132 valence electrons. The maximum Gasteiger partial charge on any atom is 0.240 e. The normalized spacial score (nSPS) is 22.4. The van der Waals surface area contributed by atoms with Gasteiger partial charge in [0.05, 0.1) is 25.3 Å². The van der Waals surface area contributed by atoms with Gasteiger partial charge < -0.3 is 9.64 Å². The molecule has 2 aliphatic rings. The maximum atomic E-state index is 13.4. The van der Waals surface area contributed by atoms with Crippen molar-refractivity contribution >= 4 is 17.2 Å². The summed E-state index contributed by atoms with van der Waals surface area (Å²) in [4.78, 5) is 19.1. The lowest BCUT2D eigenvalue weighted by atomic mass is 9.92. The van der Waals surface area contributed by atoms with E-state index in [0.29, 0.717) is 13.2 Å². The topological polar surface area (TPSA) is 32.8 Å². The molecule has 0 unspecified atom stereocenters. The molecule has 1 amide bonds. The number of hydrogen-bond donors (Lipinski definition) is 0. The summed E-state index contributed by atoms with van der Waals surface area (Å²) >= 11 is 1.81. The first-order chi connectivity index (χ1) is 12.3. The molecule has 0 aliphatic carbocycles. The van der Waals surface area contributed by atoms with Gasteiger partial charge in [0.2, 0.25) is 5.91 Å². The molecule has 0 spiro atoms. The zero-order valence-corrected chi connectivity index (χ0v) is 15.4. The number of ether oxygens (including phenoxy) is 1. The Kier molecular flexibility index (Phi) is 4.88. The van der Waals surface area contributed by atoms with Crippen LogP contribution in [-0.4, -0.2) is 54.6 Å². The van der Waals surface area contributed by atoms with E-state index in [1.165, 1.54) is 16.0 Å². The third kappa shape index (κ3) is 3.24. The molecule has 1 aromatic heterocycles. The maximum absolute atomic E-state index is 13.4. The summed E-state index contributed by atoms with van der Waals surface area (Å²) in [5.41, 5.74) is 2.49. The standard InChI is InChI=1S/C20H24N2O2S/c1-15(21-10-12-24-13-11-21)20(23)22-9-7-18-17(8-14-25-18)19(22)16-5-3-2-4-6-16/h2-6,8,14-15,19H,7,9-13H2,1H3/t15-,19+/m0/s1. The lowest BCUT2D eigenvalue weighted by molar-refractivity contribution is -0.140. The molecule has 2 aromatic rings. The van der Waals surface area contributed by atoms with Gasteiger partial charge >= 0.3 is 0 Å². The number of hydrogen-bond acceptors (Lipinski definition) is 4. The van der Waals surface area contributed by atoms with Crippen molar-refractivity contribution in [3.63, 3.8) is 0 Å². The van der Waals surface area contributed by atoms with Gasteiger partial charge in [-0.15, -0.1) is 11.3 Å². The highest BCUT2D eigenvalue weighted by atomic mass is 32.1. The fourth-order valence-electron chi connectivity index (χ4n) is 3.91. The minimum atomic E-state index is -0.102. The third-order valence-corrected chi connectivity index (χ3v) is 6.31. The monoisotopic (exact) mass is 356 g/mol. The van der Waals surface area contributed by atoms with Crippen LogP contribution in [0.3, 0.4) is 0 Å². The average molecular weight is 356 g/mol. The molecule has 3 heterocycles. The zero-order chi connectivity index (χ0) is 17.2. The summed E-state index contributed by atoms with van der Waals surface area (Å²) in [7, 11) is 0. The van der Waals surface area contributed by atoms with E-state index in [4.69, 9.17) is 4.74 Å². The van der Waals surface area contributed by atoms with E-state index in [1.54, 1.807) is 0 Å². The molecule has 0 radical (unpaired) electrons. The zero-order valence-electron chi connectivity index (χ0n) is 14.6. The van der Waals surface area contributed by atoms with E-state index < -0.39 is 0 Å². The van der Waals surface area contributed by atoms with Crippen molar-refractivity contribution in [3.05, 3.63) is 57.8 Å². The molecule has 4 nitrogen and oxygen atoms in total. The second kappa shape index (κ2) is 7.28. The first-order valence-electron chi connectivity index (χ1n) is 8.99. The predicted octanol–water partition coefficient (Wildman–Crippen LogP) is 2.94. The number of amides is 1. The van der Waals surface area contributed by atoms with Gasteiger partial charge in [-0.25, -0.2) is 0 Å². The summed E-state index contributed by atoms with van der Waals surface area (Å²) in [6, 6.07) is 12.5. The molecule has 1 saturated heterocycles. The van der Waals surface area contributed by atoms with Crippen LogP contribution in [0.25, 0.3) is 0 Å². The number of fused-ring (bicyclic) bond motifs is 1. The molecule has 1 fully saturated rings. The largest absolute Gasteiger partial charge is 0.379 e. The van der Waals surface area contributed by atoms with Crippen LogP contribution in [0.5, 0.6) is 0 Å². The van der Waals surface area contributed by atoms with Crippen molar-refractivity contribution in [3.8, 4) is 0 Å². The summed E-state index contributed by atoms with van der Waals surface area (Å²) in [5.74, 6) is 0.229. The lowest BCUT2D eigenvalue weighted by Crippen LogP contribution is -2.52. The Balaban J connectivity index is 1.64. The smallest absolute Gasteiger partial charge is 0.240 e. The van der Waals surface area contributed by atoms with Crippen LogP contribution in [0.1, 0.15) is 29.0 Å². The van der Waals surface area contributed by atoms with Gasteiger partial charge in [-0.2, -0.15) is 0 Å². The first-order valence-corrected chi connectivity index (χ1v) is 9.87. The molecule has 2 atom stereocenters.